The zero-order valence-electron chi connectivity index (χ0n) is 5.94. The molecule has 0 aromatic heterocycles. The Morgan fingerprint density at radius 3 is 2.00 bits per heavy atom. The molecule has 0 nitrogen and oxygen atoms in total. The molecule has 0 amide bonds. The first-order chi connectivity index (χ1) is 2.91. The molecule has 0 saturated heterocycles. The summed E-state index contributed by atoms with van der Waals surface area (Å²) < 4.78 is 0. The molecule has 42 valence electrons. The van der Waals surface area contributed by atoms with Gasteiger partial charge in [0.2, 0.25) is 0 Å². The van der Waals surface area contributed by atoms with Crippen LogP contribution < -0.4 is 0 Å². The van der Waals surface area contributed by atoms with Gasteiger partial charge in [-0.3, -0.25) is 6.08 Å². The molecule has 0 bridgehead atoms. The van der Waals surface area contributed by atoms with Gasteiger partial charge in [0.25, 0.3) is 0 Å². The zero-order chi connectivity index (χ0) is 4.83. The maximum Gasteiger partial charge on any atom is 2.00 e. The van der Waals surface area contributed by atoms with Gasteiger partial charge in [0.1, 0.15) is 0 Å². The van der Waals surface area contributed by atoms with Crippen molar-refractivity contribution in [3.63, 3.8) is 0 Å². The summed E-state index contributed by atoms with van der Waals surface area (Å²) in [5, 5.41) is 0. The quantitative estimate of drug-likeness (QED) is 0.282. The van der Waals surface area contributed by atoms with Crippen LogP contribution >= 0.6 is 0 Å². The molecule has 0 atom stereocenters. The predicted octanol–water partition coefficient (Wildman–Crippen LogP) is 2.01. The van der Waals surface area contributed by atoms with Crippen molar-refractivity contribution in [3.05, 3.63) is 31.7 Å². The van der Waals surface area contributed by atoms with Crippen LogP contribution in [0.3, 0.4) is 0 Å². The van der Waals surface area contributed by atoms with Gasteiger partial charge in [-0.05, 0) is 0 Å². The first-order valence-corrected chi connectivity index (χ1v) is 2.03. The minimum Gasteiger partial charge on any atom is -0.358 e. The van der Waals surface area contributed by atoms with Gasteiger partial charge >= 0.3 is 23.1 Å². The van der Waals surface area contributed by atoms with Crippen LogP contribution in [0, 0.1) is 13.5 Å². The fraction of sp³-hybridized carbons (Fsp3) is 0.286. The standard InChI is InChI=1S/C6H9.CH3.Mg/c1-3-5-6-4-2;;/h3,5-6H,1-2H3;1H3;/q2*-1;+2. The number of rotatable bonds is 1. The Hall–Kier alpha value is 0.246. The number of allylic oxidation sites excluding steroid dienone is 4. The molecule has 0 saturated carbocycles. The Kier molecular flexibility index (Phi) is 30.8. The minimum atomic E-state index is 0. The van der Waals surface area contributed by atoms with E-state index in [2.05, 4.69) is 6.08 Å². The molecule has 0 radical (unpaired) electrons. The summed E-state index contributed by atoms with van der Waals surface area (Å²) >= 11 is 0. The number of hydrogen-bond acceptors (Lipinski definition) is 0. The topological polar surface area (TPSA) is 0 Å². The summed E-state index contributed by atoms with van der Waals surface area (Å²) in [7, 11) is 0. The van der Waals surface area contributed by atoms with Crippen LogP contribution in [0.25, 0.3) is 0 Å². The molecule has 0 aliphatic heterocycles. The van der Waals surface area contributed by atoms with Crippen molar-refractivity contribution < 1.29 is 0 Å². The van der Waals surface area contributed by atoms with E-state index >= 15 is 0 Å². The number of hydrogen-bond donors (Lipinski definition) is 0. The molecule has 8 heavy (non-hydrogen) atoms. The van der Waals surface area contributed by atoms with E-state index in [-0.39, 0.29) is 30.5 Å². The fourth-order valence-electron chi connectivity index (χ4n) is 0.192. The summed E-state index contributed by atoms with van der Waals surface area (Å²) in [6, 6.07) is 0. The minimum absolute atomic E-state index is 0. The molecule has 0 aromatic carbocycles. The molecule has 0 aromatic rings. The van der Waals surface area contributed by atoms with E-state index in [9.17, 15) is 0 Å². The molecular formula is C7H12Mg. The average molecular weight is 120 g/mol. The van der Waals surface area contributed by atoms with Crippen LogP contribution in [0.4, 0.5) is 0 Å². The Morgan fingerprint density at radius 2 is 1.88 bits per heavy atom. The first-order valence-electron chi connectivity index (χ1n) is 2.03. The summed E-state index contributed by atoms with van der Waals surface area (Å²) in [5.41, 5.74) is 0. The van der Waals surface area contributed by atoms with E-state index < -0.39 is 0 Å². The van der Waals surface area contributed by atoms with E-state index in [0.29, 0.717) is 0 Å². The van der Waals surface area contributed by atoms with E-state index in [4.69, 9.17) is 0 Å². The van der Waals surface area contributed by atoms with Crippen LogP contribution in [0.2, 0.25) is 0 Å². The normalized spacial score (nSPS) is 8.75. The van der Waals surface area contributed by atoms with E-state index in [1.165, 1.54) is 0 Å². The van der Waals surface area contributed by atoms with Gasteiger partial charge in [0.05, 0.1) is 0 Å². The van der Waals surface area contributed by atoms with Gasteiger partial charge in [-0.2, -0.15) is 6.08 Å². The molecule has 1 heteroatoms. The van der Waals surface area contributed by atoms with Gasteiger partial charge < -0.3 is 7.43 Å². The van der Waals surface area contributed by atoms with Crippen molar-refractivity contribution in [2.24, 2.45) is 0 Å². The zero-order valence-corrected chi connectivity index (χ0v) is 7.35. The SMILES string of the molecule is C[C-]=CC=CC.[CH3-].[Mg+2]. The van der Waals surface area contributed by atoms with E-state index in [0.717, 1.165) is 0 Å². The second-order valence-electron chi connectivity index (χ2n) is 0.981. The second-order valence-corrected chi connectivity index (χ2v) is 0.981. The predicted molar refractivity (Wildman–Crippen MR) is 40.5 cm³/mol. The Labute approximate surface area is 68.8 Å². The third-order valence-electron chi connectivity index (χ3n) is 0.455. The van der Waals surface area contributed by atoms with Crippen molar-refractivity contribution >= 4 is 23.1 Å². The summed E-state index contributed by atoms with van der Waals surface area (Å²) in [6.07, 6.45) is 8.64. The molecule has 0 fully saturated rings. The third-order valence-corrected chi connectivity index (χ3v) is 0.455. The molecular weight excluding hydrogens is 108 g/mol. The average Bonchev–Trinajstić information content (AvgIpc) is 1.61. The first kappa shape index (κ1) is 15.7. The summed E-state index contributed by atoms with van der Waals surface area (Å²) in [6.45, 7) is 3.86. The van der Waals surface area contributed by atoms with E-state index in [1.807, 2.05) is 32.1 Å². The molecule has 0 rings (SSSR count). The molecule has 0 spiro atoms. The molecule has 0 N–H and O–H groups in total. The van der Waals surface area contributed by atoms with Gasteiger partial charge in [-0.25, -0.2) is 12.2 Å². The van der Waals surface area contributed by atoms with Crippen LogP contribution in [0.1, 0.15) is 13.8 Å². The van der Waals surface area contributed by atoms with Crippen LogP contribution in [-0.4, -0.2) is 23.1 Å². The van der Waals surface area contributed by atoms with Crippen LogP contribution in [-0.2, 0) is 0 Å². The van der Waals surface area contributed by atoms with Crippen molar-refractivity contribution in [2.45, 2.75) is 13.8 Å². The van der Waals surface area contributed by atoms with Crippen molar-refractivity contribution in [1.82, 2.24) is 0 Å². The van der Waals surface area contributed by atoms with Gasteiger partial charge in [-0.15, -0.1) is 6.92 Å². The Bertz CT molecular complexity index is 52.8. The van der Waals surface area contributed by atoms with Crippen LogP contribution in [0.5, 0.6) is 0 Å². The van der Waals surface area contributed by atoms with Crippen molar-refractivity contribution in [1.29, 1.82) is 0 Å². The fourth-order valence-corrected chi connectivity index (χ4v) is 0.192. The van der Waals surface area contributed by atoms with Crippen molar-refractivity contribution in [2.75, 3.05) is 0 Å². The molecule has 0 heterocycles. The Morgan fingerprint density at radius 1 is 1.38 bits per heavy atom. The summed E-state index contributed by atoms with van der Waals surface area (Å²) in [5.74, 6) is 0. The second kappa shape index (κ2) is 15.7. The smallest absolute Gasteiger partial charge is 0.358 e. The molecule has 0 aliphatic rings. The maximum absolute atomic E-state index is 2.86. The monoisotopic (exact) mass is 120 g/mol. The van der Waals surface area contributed by atoms with Gasteiger partial charge in [0.15, 0.2) is 0 Å². The van der Waals surface area contributed by atoms with Crippen molar-refractivity contribution in [3.8, 4) is 0 Å². The van der Waals surface area contributed by atoms with Crippen LogP contribution in [0.15, 0.2) is 18.2 Å². The maximum atomic E-state index is 2.86. The molecule has 0 unspecified atom stereocenters. The largest absolute Gasteiger partial charge is 2.00 e. The van der Waals surface area contributed by atoms with Gasteiger partial charge in [-0.1, -0.05) is 6.92 Å². The summed E-state index contributed by atoms with van der Waals surface area (Å²) in [4.78, 5) is 0. The Balaban J connectivity index is -0.000000125. The third kappa shape index (κ3) is 16.3. The van der Waals surface area contributed by atoms with Gasteiger partial charge in [0, 0.05) is 0 Å². The van der Waals surface area contributed by atoms with E-state index in [1.54, 1.807) is 0 Å². The molecule has 0 aliphatic carbocycles.